The van der Waals surface area contributed by atoms with Gasteiger partial charge in [0.25, 0.3) is 0 Å². The maximum Gasteiger partial charge on any atom is 0.123 e. The monoisotopic (exact) mass is 239 g/mol. The molecular formula is C14H22FNO. The van der Waals surface area contributed by atoms with E-state index in [0.29, 0.717) is 6.61 Å². The van der Waals surface area contributed by atoms with E-state index in [4.69, 9.17) is 4.74 Å². The molecule has 1 unspecified atom stereocenters. The van der Waals surface area contributed by atoms with Crippen LogP contribution in [0.3, 0.4) is 0 Å². The first-order chi connectivity index (χ1) is 8.13. The van der Waals surface area contributed by atoms with Crippen LogP contribution < -0.4 is 5.32 Å². The molecular weight excluding hydrogens is 217 g/mol. The van der Waals surface area contributed by atoms with Crippen LogP contribution in [0.2, 0.25) is 0 Å². The summed E-state index contributed by atoms with van der Waals surface area (Å²) in [6.07, 6.45) is 1.19. The summed E-state index contributed by atoms with van der Waals surface area (Å²) in [5, 5.41) is 3.38. The summed E-state index contributed by atoms with van der Waals surface area (Å²) in [4.78, 5) is 0. The molecule has 1 atom stereocenters. The molecule has 0 aliphatic rings. The lowest BCUT2D eigenvalue weighted by atomic mass is 10.0. The first-order valence-electron chi connectivity index (χ1n) is 6.24. The van der Waals surface area contributed by atoms with E-state index in [2.05, 4.69) is 12.2 Å². The van der Waals surface area contributed by atoms with Crippen molar-refractivity contribution in [2.24, 2.45) is 0 Å². The van der Waals surface area contributed by atoms with Crippen molar-refractivity contribution >= 4 is 0 Å². The molecule has 96 valence electrons. The molecule has 0 aromatic heterocycles. The summed E-state index contributed by atoms with van der Waals surface area (Å²) in [5.74, 6) is -0.179. The Morgan fingerprint density at radius 2 is 2.12 bits per heavy atom. The van der Waals surface area contributed by atoms with Gasteiger partial charge < -0.3 is 10.1 Å². The molecule has 1 aromatic rings. The number of nitrogens with one attached hydrogen (secondary N) is 1. The zero-order chi connectivity index (χ0) is 12.7. The highest BCUT2D eigenvalue weighted by atomic mass is 19.1. The highest BCUT2D eigenvalue weighted by Crippen LogP contribution is 2.16. The molecule has 0 heterocycles. The Hall–Kier alpha value is -0.930. The van der Waals surface area contributed by atoms with Crippen LogP contribution in [0.15, 0.2) is 24.3 Å². The lowest BCUT2D eigenvalue weighted by Crippen LogP contribution is -2.26. The van der Waals surface area contributed by atoms with Crippen LogP contribution in [0.25, 0.3) is 0 Å². The molecule has 1 N–H and O–H groups in total. The molecule has 0 saturated heterocycles. The molecule has 3 heteroatoms. The lowest BCUT2D eigenvalue weighted by Gasteiger charge is -2.18. The molecule has 17 heavy (non-hydrogen) atoms. The minimum atomic E-state index is -0.179. The van der Waals surface area contributed by atoms with E-state index < -0.39 is 0 Å². The van der Waals surface area contributed by atoms with Crippen LogP contribution in [0, 0.1) is 5.82 Å². The molecule has 0 fully saturated rings. The highest BCUT2D eigenvalue weighted by molar-refractivity contribution is 5.19. The van der Waals surface area contributed by atoms with E-state index in [-0.39, 0.29) is 18.0 Å². The van der Waals surface area contributed by atoms with Crippen LogP contribution in [-0.4, -0.2) is 19.3 Å². The van der Waals surface area contributed by atoms with Gasteiger partial charge in [0.2, 0.25) is 0 Å². The van der Waals surface area contributed by atoms with Gasteiger partial charge in [-0.05, 0) is 38.0 Å². The van der Waals surface area contributed by atoms with Crippen LogP contribution in [-0.2, 0) is 4.74 Å². The predicted molar refractivity (Wildman–Crippen MR) is 68.5 cm³/mol. The van der Waals surface area contributed by atoms with Crippen molar-refractivity contribution < 1.29 is 9.13 Å². The van der Waals surface area contributed by atoms with Crippen LogP contribution in [0.4, 0.5) is 4.39 Å². The van der Waals surface area contributed by atoms with Gasteiger partial charge in [0, 0.05) is 12.6 Å². The Kier molecular flexibility index (Phi) is 6.16. The minimum Gasteiger partial charge on any atom is -0.377 e. The van der Waals surface area contributed by atoms with Crippen molar-refractivity contribution in [3.63, 3.8) is 0 Å². The van der Waals surface area contributed by atoms with Crippen molar-refractivity contribution in [1.82, 2.24) is 5.32 Å². The van der Waals surface area contributed by atoms with Crippen molar-refractivity contribution in [3.8, 4) is 0 Å². The Labute approximate surface area is 103 Å². The fourth-order valence-electron chi connectivity index (χ4n) is 1.75. The van der Waals surface area contributed by atoms with Crippen molar-refractivity contribution in [2.45, 2.75) is 39.3 Å². The van der Waals surface area contributed by atoms with Gasteiger partial charge in [-0.3, -0.25) is 0 Å². The molecule has 2 nitrogen and oxygen atoms in total. The minimum absolute atomic E-state index is 0.179. The molecule has 0 aliphatic heterocycles. The van der Waals surface area contributed by atoms with E-state index in [9.17, 15) is 4.39 Å². The number of benzene rings is 1. The van der Waals surface area contributed by atoms with Crippen LogP contribution in [0.1, 0.15) is 38.8 Å². The normalized spacial score (nSPS) is 13.0. The van der Waals surface area contributed by atoms with E-state index in [1.165, 1.54) is 6.07 Å². The maximum atomic E-state index is 13.1. The molecule has 1 rings (SSSR count). The van der Waals surface area contributed by atoms with Crippen LogP contribution in [0.5, 0.6) is 0 Å². The van der Waals surface area contributed by atoms with Gasteiger partial charge in [-0.2, -0.15) is 0 Å². The topological polar surface area (TPSA) is 21.3 Å². The largest absolute Gasteiger partial charge is 0.377 e. The second-order valence-corrected chi connectivity index (χ2v) is 4.39. The first-order valence-corrected chi connectivity index (χ1v) is 6.24. The van der Waals surface area contributed by atoms with Gasteiger partial charge in [0.1, 0.15) is 5.82 Å². The smallest absolute Gasteiger partial charge is 0.123 e. The number of hydrogen-bond donors (Lipinski definition) is 1. The quantitative estimate of drug-likeness (QED) is 0.737. The lowest BCUT2D eigenvalue weighted by molar-refractivity contribution is 0.0792. The van der Waals surface area contributed by atoms with Gasteiger partial charge in [0.15, 0.2) is 0 Å². The fraction of sp³-hybridized carbons (Fsp3) is 0.571. The molecule has 0 spiro atoms. The molecule has 0 amide bonds. The fourth-order valence-corrected chi connectivity index (χ4v) is 1.75. The second kappa shape index (κ2) is 7.41. The molecule has 1 aromatic carbocycles. The standard InChI is InChI=1S/C14H22FNO/c1-4-14(16-8-9-17-11(2)3)12-6-5-7-13(15)10-12/h5-7,10-11,14,16H,4,8-9H2,1-3H3. The third-order valence-electron chi connectivity index (χ3n) is 2.60. The number of ether oxygens (including phenoxy) is 1. The van der Waals surface area contributed by atoms with Gasteiger partial charge >= 0.3 is 0 Å². The third kappa shape index (κ3) is 5.29. The average molecular weight is 239 g/mol. The van der Waals surface area contributed by atoms with E-state index in [0.717, 1.165) is 18.5 Å². The van der Waals surface area contributed by atoms with Gasteiger partial charge in [-0.1, -0.05) is 19.1 Å². The van der Waals surface area contributed by atoms with Crippen molar-refractivity contribution in [2.75, 3.05) is 13.2 Å². The number of rotatable bonds is 7. The Morgan fingerprint density at radius 3 is 2.71 bits per heavy atom. The van der Waals surface area contributed by atoms with E-state index in [1.54, 1.807) is 12.1 Å². The zero-order valence-electron chi connectivity index (χ0n) is 10.9. The summed E-state index contributed by atoms with van der Waals surface area (Å²) >= 11 is 0. The van der Waals surface area contributed by atoms with E-state index >= 15 is 0 Å². The van der Waals surface area contributed by atoms with Gasteiger partial charge in [-0.25, -0.2) is 4.39 Å². The summed E-state index contributed by atoms with van der Waals surface area (Å²) < 4.78 is 18.6. The Balaban J connectivity index is 2.43. The first kappa shape index (κ1) is 14.1. The second-order valence-electron chi connectivity index (χ2n) is 4.39. The van der Waals surface area contributed by atoms with Crippen LogP contribution >= 0.6 is 0 Å². The van der Waals surface area contributed by atoms with Crippen molar-refractivity contribution in [1.29, 1.82) is 0 Å². The summed E-state index contributed by atoms with van der Waals surface area (Å²) in [6, 6.07) is 6.96. The van der Waals surface area contributed by atoms with Gasteiger partial charge in [-0.15, -0.1) is 0 Å². The number of halogens is 1. The Bertz CT molecular complexity index is 328. The predicted octanol–water partition coefficient (Wildman–Crippen LogP) is 3.29. The maximum absolute atomic E-state index is 13.1. The molecule has 0 bridgehead atoms. The highest BCUT2D eigenvalue weighted by Gasteiger charge is 2.08. The Morgan fingerprint density at radius 1 is 1.35 bits per heavy atom. The molecule has 0 saturated carbocycles. The third-order valence-corrected chi connectivity index (χ3v) is 2.60. The molecule has 0 radical (unpaired) electrons. The zero-order valence-corrected chi connectivity index (χ0v) is 10.9. The summed E-state index contributed by atoms with van der Waals surface area (Å²) in [5.41, 5.74) is 0.997. The SMILES string of the molecule is CCC(NCCOC(C)C)c1cccc(F)c1. The van der Waals surface area contributed by atoms with Gasteiger partial charge in [0.05, 0.1) is 12.7 Å². The summed E-state index contributed by atoms with van der Waals surface area (Å²) in [7, 11) is 0. The molecule has 0 aliphatic carbocycles. The number of hydrogen-bond acceptors (Lipinski definition) is 2. The summed E-state index contributed by atoms with van der Waals surface area (Å²) in [6.45, 7) is 7.59. The van der Waals surface area contributed by atoms with E-state index in [1.807, 2.05) is 19.9 Å². The average Bonchev–Trinajstić information content (AvgIpc) is 2.29. The van der Waals surface area contributed by atoms with Crippen molar-refractivity contribution in [3.05, 3.63) is 35.6 Å².